The van der Waals surface area contributed by atoms with Gasteiger partial charge in [0.15, 0.2) is 0 Å². The van der Waals surface area contributed by atoms with Crippen molar-refractivity contribution in [2.45, 2.75) is 18.7 Å². The fourth-order valence-corrected chi connectivity index (χ4v) is 3.78. The number of ether oxygens (including phenoxy) is 1. The molecule has 126 valence electrons. The summed E-state index contributed by atoms with van der Waals surface area (Å²) in [4.78, 5) is 16.1. The van der Waals surface area contributed by atoms with Crippen molar-refractivity contribution >= 4 is 29.0 Å². The third-order valence-corrected chi connectivity index (χ3v) is 5.03. The molecule has 0 saturated carbocycles. The number of hydrogen-bond donors (Lipinski definition) is 1. The summed E-state index contributed by atoms with van der Waals surface area (Å²) in [6, 6.07) is 13.4. The molecule has 0 atom stereocenters. The van der Waals surface area contributed by atoms with Crippen molar-refractivity contribution in [3.63, 3.8) is 0 Å². The molecule has 0 aromatic heterocycles. The summed E-state index contributed by atoms with van der Waals surface area (Å²) in [5.74, 6) is 1.81. The third-order valence-electron chi connectivity index (χ3n) is 3.99. The van der Waals surface area contributed by atoms with Gasteiger partial charge < -0.3 is 15.0 Å². The van der Waals surface area contributed by atoms with Crippen LogP contribution in [0.4, 0.5) is 11.4 Å². The summed E-state index contributed by atoms with van der Waals surface area (Å²) in [7, 11) is 0. The van der Waals surface area contributed by atoms with Gasteiger partial charge in [-0.2, -0.15) is 0 Å². The molecule has 0 aliphatic carbocycles. The summed E-state index contributed by atoms with van der Waals surface area (Å²) in [6.07, 6.45) is 0. The Morgan fingerprint density at radius 1 is 1.21 bits per heavy atom. The number of benzene rings is 2. The molecule has 1 amide bonds. The Hall–Kier alpha value is -2.14. The van der Waals surface area contributed by atoms with Gasteiger partial charge in [0.1, 0.15) is 5.75 Å². The smallest absolute Gasteiger partial charge is 0.255 e. The molecule has 24 heavy (non-hydrogen) atoms. The maximum Gasteiger partial charge on any atom is 0.255 e. The highest BCUT2D eigenvalue weighted by Crippen LogP contribution is 2.35. The van der Waals surface area contributed by atoms with Gasteiger partial charge in [-0.05, 0) is 56.3 Å². The first-order valence-electron chi connectivity index (χ1n) is 8.27. The van der Waals surface area contributed by atoms with Crippen LogP contribution in [0.3, 0.4) is 0 Å². The van der Waals surface area contributed by atoms with E-state index in [1.165, 1.54) is 4.90 Å². The largest absolute Gasteiger partial charge is 0.494 e. The minimum absolute atomic E-state index is 0.0893. The van der Waals surface area contributed by atoms with Gasteiger partial charge in [0.2, 0.25) is 0 Å². The van der Waals surface area contributed by atoms with Crippen LogP contribution in [-0.2, 0) is 0 Å². The molecule has 0 unspecified atom stereocenters. The van der Waals surface area contributed by atoms with E-state index in [4.69, 9.17) is 4.74 Å². The Balaban J connectivity index is 1.75. The second kappa shape index (κ2) is 7.62. The molecule has 5 heteroatoms. The van der Waals surface area contributed by atoms with Crippen molar-refractivity contribution < 1.29 is 9.53 Å². The highest BCUT2D eigenvalue weighted by Gasteiger charge is 2.18. The molecule has 1 heterocycles. The van der Waals surface area contributed by atoms with E-state index in [1.54, 1.807) is 0 Å². The Labute approximate surface area is 147 Å². The molecule has 2 aromatic rings. The zero-order chi connectivity index (χ0) is 16.9. The molecule has 0 saturated heterocycles. The zero-order valence-electron chi connectivity index (χ0n) is 14.0. The molecule has 2 aromatic carbocycles. The zero-order valence-corrected chi connectivity index (χ0v) is 14.9. The van der Waals surface area contributed by atoms with E-state index in [2.05, 4.69) is 23.2 Å². The number of rotatable bonds is 5. The molecule has 0 fully saturated rings. The lowest BCUT2D eigenvalue weighted by atomic mass is 10.1. The molecule has 1 N–H and O–H groups in total. The number of fused-ring (bicyclic) bond motifs is 1. The van der Waals surface area contributed by atoms with Gasteiger partial charge in [0.25, 0.3) is 5.91 Å². The summed E-state index contributed by atoms with van der Waals surface area (Å²) in [5.41, 5.74) is 2.61. The summed E-state index contributed by atoms with van der Waals surface area (Å²) >= 11 is 1.85. The quantitative estimate of drug-likeness (QED) is 0.881. The molecule has 0 radical (unpaired) electrons. The lowest BCUT2D eigenvalue weighted by Gasteiger charge is -2.30. The van der Waals surface area contributed by atoms with Crippen LogP contribution in [-0.4, -0.2) is 31.4 Å². The number of anilines is 2. The summed E-state index contributed by atoms with van der Waals surface area (Å²) < 4.78 is 5.42. The van der Waals surface area contributed by atoms with Gasteiger partial charge in [-0.1, -0.05) is 0 Å². The number of carbonyl (C=O) groups excluding carboxylic acids is 1. The van der Waals surface area contributed by atoms with E-state index in [-0.39, 0.29) is 5.91 Å². The minimum Gasteiger partial charge on any atom is -0.494 e. The van der Waals surface area contributed by atoms with E-state index < -0.39 is 0 Å². The average molecular weight is 342 g/mol. The summed E-state index contributed by atoms with van der Waals surface area (Å²) in [6.45, 7) is 6.71. The third kappa shape index (κ3) is 3.67. The first-order chi connectivity index (χ1) is 11.7. The van der Waals surface area contributed by atoms with Crippen molar-refractivity contribution in [1.82, 2.24) is 0 Å². The first kappa shape index (κ1) is 16.7. The van der Waals surface area contributed by atoms with Crippen LogP contribution in [0.2, 0.25) is 0 Å². The van der Waals surface area contributed by atoms with Gasteiger partial charge in [-0.15, -0.1) is 11.8 Å². The van der Waals surface area contributed by atoms with Gasteiger partial charge in [0.05, 0.1) is 12.3 Å². The van der Waals surface area contributed by atoms with Gasteiger partial charge in [0, 0.05) is 35.0 Å². The van der Waals surface area contributed by atoms with Crippen LogP contribution in [0.1, 0.15) is 24.2 Å². The molecule has 1 aliphatic rings. The van der Waals surface area contributed by atoms with Crippen molar-refractivity contribution in [2.24, 2.45) is 0 Å². The lowest BCUT2D eigenvalue weighted by molar-refractivity contribution is 0.102. The fraction of sp³-hybridized carbons (Fsp3) is 0.316. The molecule has 4 nitrogen and oxygen atoms in total. The number of nitrogens with zero attached hydrogens (tertiary/aromatic N) is 1. The molecule has 0 spiro atoms. The average Bonchev–Trinajstić information content (AvgIpc) is 2.62. The standard InChI is InChI=1S/C19H22N2O2S/c1-3-21-11-12-24-18-10-5-14(13-17(18)21)19(22)20-15-6-8-16(9-7-15)23-4-2/h5-10,13H,3-4,11-12H2,1-2H3,(H,20,22). The monoisotopic (exact) mass is 342 g/mol. The second-order valence-electron chi connectivity index (χ2n) is 5.52. The van der Waals surface area contributed by atoms with Crippen LogP contribution in [0, 0.1) is 0 Å². The molecule has 3 rings (SSSR count). The molecular formula is C19H22N2O2S. The minimum atomic E-state index is -0.0893. The highest BCUT2D eigenvalue weighted by molar-refractivity contribution is 7.99. The predicted octanol–water partition coefficient (Wildman–Crippen LogP) is 4.27. The molecular weight excluding hydrogens is 320 g/mol. The number of hydrogen-bond acceptors (Lipinski definition) is 4. The molecule has 0 bridgehead atoms. The van der Waals surface area contributed by atoms with Crippen LogP contribution in [0.5, 0.6) is 5.75 Å². The van der Waals surface area contributed by atoms with Crippen molar-refractivity contribution in [2.75, 3.05) is 35.7 Å². The topological polar surface area (TPSA) is 41.6 Å². The Kier molecular flexibility index (Phi) is 5.30. The maximum absolute atomic E-state index is 12.5. The maximum atomic E-state index is 12.5. The Morgan fingerprint density at radius 3 is 2.71 bits per heavy atom. The second-order valence-corrected chi connectivity index (χ2v) is 6.66. The van der Waals surface area contributed by atoms with E-state index in [0.717, 1.165) is 36.0 Å². The number of thioether (sulfide) groups is 1. The van der Waals surface area contributed by atoms with Crippen molar-refractivity contribution in [3.05, 3.63) is 48.0 Å². The van der Waals surface area contributed by atoms with Crippen LogP contribution >= 0.6 is 11.8 Å². The van der Waals surface area contributed by atoms with E-state index in [1.807, 2.05) is 55.1 Å². The van der Waals surface area contributed by atoms with Gasteiger partial charge >= 0.3 is 0 Å². The van der Waals surface area contributed by atoms with Crippen LogP contribution in [0.15, 0.2) is 47.4 Å². The number of nitrogens with one attached hydrogen (secondary N) is 1. The van der Waals surface area contributed by atoms with Gasteiger partial charge in [-0.3, -0.25) is 4.79 Å². The molecule has 1 aliphatic heterocycles. The summed E-state index contributed by atoms with van der Waals surface area (Å²) in [5, 5.41) is 2.95. The fourth-order valence-electron chi connectivity index (χ4n) is 2.75. The van der Waals surface area contributed by atoms with E-state index >= 15 is 0 Å². The number of carbonyl (C=O) groups is 1. The predicted molar refractivity (Wildman–Crippen MR) is 101 cm³/mol. The Bertz CT molecular complexity index is 716. The number of amides is 1. The van der Waals surface area contributed by atoms with E-state index in [9.17, 15) is 4.79 Å². The van der Waals surface area contributed by atoms with E-state index in [0.29, 0.717) is 12.2 Å². The van der Waals surface area contributed by atoms with Crippen molar-refractivity contribution in [3.8, 4) is 5.75 Å². The first-order valence-corrected chi connectivity index (χ1v) is 9.25. The SMILES string of the molecule is CCOc1ccc(NC(=O)c2ccc3c(c2)N(CC)CCS3)cc1. The Morgan fingerprint density at radius 2 is 2.00 bits per heavy atom. The lowest BCUT2D eigenvalue weighted by Crippen LogP contribution is -2.29. The van der Waals surface area contributed by atoms with Crippen LogP contribution in [0.25, 0.3) is 0 Å². The van der Waals surface area contributed by atoms with Crippen molar-refractivity contribution in [1.29, 1.82) is 0 Å². The normalized spacial score (nSPS) is 13.3. The highest BCUT2D eigenvalue weighted by atomic mass is 32.2. The van der Waals surface area contributed by atoms with Crippen LogP contribution < -0.4 is 15.0 Å². The van der Waals surface area contributed by atoms with Gasteiger partial charge in [-0.25, -0.2) is 0 Å².